The number of rotatable bonds is 5. The zero-order valence-corrected chi connectivity index (χ0v) is 10.5. The Balaban J connectivity index is 2.41. The highest BCUT2D eigenvalue weighted by molar-refractivity contribution is 5.35. The molecule has 0 amide bonds. The van der Waals surface area contributed by atoms with Gasteiger partial charge in [-0.25, -0.2) is 0 Å². The summed E-state index contributed by atoms with van der Waals surface area (Å²) in [6.07, 6.45) is 5.17. The molecule has 0 aliphatic carbocycles. The third-order valence-corrected chi connectivity index (χ3v) is 2.64. The van der Waals surface area contributed by atoms with Crippen LogP contribution < -0.4 is 10.1 Å². The molecule has 2 rings (SSSR count). The number of hydrogen-bond donors (Lipinski definition) is 1. The smallest absolute Gasteiger partial charge is 0.142 e. The molecule has 18 heavy (non-hydrogen) atoms. The molecule has 0 spiro atoms. The summed E-state index contributed by atoms with van der Waals surface area (Å²) in [6.45, 7) is 2.88. The van der Waals surface area contributed by atoms with Crippen molar-refractivity contribution in [2.24, 2.45) is 0 Å². The maximum absolute atomic E-state index is 5.36. The van der Waals surface area contributed by atoms with Crippen molar-refractivity contribution >= 4 is 0 Å². The van der Waals surface area contributed by atoms with E-state index in [1.165, 1.54) is 0 Å². The van der Waals surface area contributed by atoms with Crippen molar-refractivity contribution in [3.05, 3.63) is 48.0 Å². The van der Waals surface area contributed by atoms with E-state index in [2.05, 4.69) is 27.4 Å². The molecule has 0 radical (unpaired) electrons. The normalized spacial score (nSPS) is 12.1. The lowest BCUT2D eigenvalue weighted by atomic mass is 10.0. The molecule has 2 heterocycles. The molecular formula is C13H16N4O. The van der Waals surface area contributed by atoms with Gasteiger partial charge in [0.1, 0.15) is 11.4 Å². The summed E-state index contributed by atoms with van der Waals surface area (Å²) in [7, 11) is 1.65. The molecule has 5 nitrogen and oxygen atoms in total. The topological polar surface area (TPSA) is 59.9 Å². The van der Waals surface area contributed by atoms with Gasteiger partial charge >= 0.3 is 0 Å². The van der Waals surface area contributed by atoms with Crippen LogP contribution in [0.4, 0.5) is 0 Å². The Morgan fingerprint density at radius 2 is 2.17 bits per heavy atom. The van der Waals surface area contributed by atoms with Crippen LogP contribution in [-0.2, 0) is 0 Å². The standard InChI is InChI=1S/C13H16N4O/c1-3-14-12(10-6-8-16-17-9-10)13-11(18-2)5-4-7-15-13/h4-9,12,14H,3H2,1-2H3. The van der Waals surface area contributed by atoms with Gasteiger partial charge in [-0.1, -0.05) is 6.92 Å². The third kappa shape index (κ3) is 2.62. The number of nitrogens with zero attached hydrogens (tertiary/aromatic N) is 3. The quantitative estimate of drug-likeness (QED) is 0.865. The Morgan fingerprint density at radius 3 is 2.83 bits per heavy atom. The van der Waals surface area contributed by atoms with Crippen LogP contribution in [0.25, 0.3) is 0 Å². The zero-order valence-electron chi connectivity index (χ0n) is 10.5. The van der Waals surface area contributed by atoms with E-state index in [0.29, 0.717) is 0 Å². The fourth-order valence-corrected chi connectivity index (χ4v) is 1.84. The summed E-state index contributed by atoms with van der Waals surface area (Å²) >= 11 is 0. The van der Waals surface area contributed by atoms with E-state index in [1.54, 1.807) is 25.7 Å². The highest BCUT2D eigenvalue weighted by Crippen LogP contribution is 2.26. The highest BCUT2D eigenvalue weighted by Gasteiger charge is 2.18. The summed E-state index contributed by atoms with van der Waals surface area (Å²) in [6, 6.07) is 5.65. The molecule has 94 valence electrons. The number of methoxy groups -OCH3 is 1. The molecule has 1 atom stereocenters. The van der Waals surface area contributed by atoms with Crippen molar-refractivity contribution in [2.45, 2.75) is 13.0 Å². The lowest BCUT2D eigenvalue weighted by molar-refractivity contribution is 0.400. The average molecular weight is 244 g/mol. The Labute approximate surface area is 106 Å². The third-order valence-electron chi connectivity index (χ3n) is 2.64. The second-order valence-electron chi connectivity index (χ2n) is 3.76. The van der Waals surface area contributed by atoms with Crippen molar-refractivity contribution < 1.29 is 4.74 Å². The lowest BCUT2D eigenvalue weighted by Gasteiger charge is -2.19. The largest absolute Gasteiger partial charge is 0.495 e. The molecule has 1 unspecified atom stereocenters. The Bertz CT molecular complexity index is 489. The van der Waals surface area contributed by atoms with Gasteiger partial charge in [-0.3, -0.25) is 4.98 Å². The van der Waals surface area contributed by atoms with E-state index in [4.69, 9.17) is 4.74 Å². The minimum absolute atomic E-state index is 0.0401. The predicted molar refractivity (Wildman–Crippen MR) is 68.3 cm³/mol. The Morgan fingerprint density at radius 1 is 1.28 bits per heavy atom. The van der Waals surface area contributed by atoms with Gasteiger partial charge in [-0.15, -0.1) is 0 Å². The molecule has 0 saturated carbocycles. The van der Waals surface area contributed by atoms with Crippen LogP contribution in [0, 0.1) is 0 Å². The number of nitrogens with one attached hydrogen (secondary N) is 1. The van der Waals surface area contributed by atoms with E-state index in [0.717, 1.165) is 23.6 Å². The van der Waals surface area contributed by atoms with Gasteiger partial charge in [-0.2, -0.15) is 10.2 Å². The average Bonchev–Trinajstić information content (AvgIpc) is 2.46. The first-order valence-corrected chi connectivity index (χ1v) is 5.85. The number of hydrogen-bond acceptors (Lipinski definition) is 5. The lowest BCUT2D eigenvalue weighted by Crippen LogP contribution is -2.23. The summed E-state index contributed by atoms with van der Waals surface area (Å²) in [5, 5.41) is 11.1. The van der Waals surface area contributed by atoms with Crippen LogP contribution >= 0.6 is 0 Å². The molecule has 0 aromatic carbocycles. The number of pyridine rings is 1. The van der Waals surface area contributed by atoms with Gasteiger partial charge in [-0.05, 0) is 30.3 Å². The summed E-state index contributed by atoms with van der Waals surface area (Å²) in [4.78, 5) is 4.41. The fourth-order valence-electron chi connectivity index (χ4n) is 1.84. The van der Waals surface area contributed by atoms with Crippen molar-refractivity contribution in [1.29, 1.82) is 0 Å². The van der Waals surface area contributed by atoms with Crippen LogP contribution in [0.3, 0.4) is 0 Å². The van der Waals surface area contributed by atoms with Crippen molar-refractivity contribution in [3.8, 4) is 5.75 Å². The second-order valence-corrected chi connectivity index (χ2v) is 3.76. The highest BCUT2D eigenvalue weighted by atomic mass is 16.5. The summed E-state index contributed by atoms with van der Waals surface area (Å²) in [5.74, 6) is 0.764. The monoisotopic (exact) mass is 244 g/mol. The van der Waals surface area contributed by atoms with Crippen LogP contribution in [-0.4, -0.2) is 28.8 Å². The molecule has 0 saturated heterocycles. The maximum atomic E-state index is 5.36. The molecule has 0 aliphatic rings. The SMILES string of the molecule is CCNC(c1ccnnc1)c1ncccc1OC. The van der Waals surface area contributed by atoms with E-state index in [-0.39, 0.29) is 6.04 Å². The molecular weight excluding hydrogens is 228 g/mol. The fraction of sp³-hybridized carbons (Fsp3) is 0.308. The van der Waals surface area contributed by atoms with Crippen molar-refractivity contribution in [2.75, 3.05) is 13.7 Å². The van der Waals surface area contributed by atoms with Gasteiger partial charge in [0.2, 0.25) is 0 Å². The first-order chi connectivity index (χ1) is 8.86. The van der Waals surface area contributed by atoms with E-state index in [9.17, 15) is 0 Å². The Hall–Kier alpha value is -2.01. The van der Waals surface area contributed by atoms with Crippen molar-refractivity contribution in [3.63, 3.8) is 0 Å². The van der Waals surface area contributed by atoms with Crippen molar-refractivity contribution in [1.82, 2.24) is 20.5 Å². The van der Waals surface area contributed by atoms with E-state index in [1.807, 2.05) is 18.2 Å². The minimum Gasteiger partial charge on any atom is -0.495 e. The summed E-state index contributed by atoms with van der Waals surface area (Å²) in [5.41, 5.74) is 1.87. The van der Waals surface area contributed by atoms with Crippen LogP contribution in [0.1, 0.15) is 24.2 Å². The van der Waals surface area contributed by atoms with Crippen LogP contribution in [0.5, 0.6) is 5.75 Å². The molecule has 2 aromatic heterocycles. The molecule has 2 aromatic rings. The molecule has 0 bridgehead atoms. The number of aromatic nitrogens is 3. The molecule has 1 N–H and O–H groups in total. The van der Waals surface area contributed by atoms with Crippen LogP contribution in [0.15, 0.2) is 36.8 Å². The Kier molecular flexibility index (Phi) is 4.20. The van der Waals surface area contributed by atoms with Gasteiger partial charge in [0.25, 0.3) is 0 Å². The first kappa shape index (κ1) is 12.4. The van der Waals surface area contributed by atoms with E-state index < -0.39 is 0 Å². The van der Waals surface area contributed by atoms with Gasteiger partial charge < -0.3 is 10.1 Å². The summed E-state index contributed by atoms with van der Waals surface area (Å²) < 4.78 is 5.36. The van der Waals surface area contributed by atoms with E-state index >= 15 is 0 Å². The number of ether oxygens (including phenoxy) is 1. The zero-order chi connectivity index (χ0) is 12.8. The molecule has 5 heteroatoms. The van der Waals surface area contributed by atoms with Crippen LogP contribution in [0.2, 0.25) is 0 Å². The minimum atomic E-state index is -0.0401. The van der Waals surface area contributed by atoms with Gasteiger partial charge in [0.15, 0.2) is 0 Å². The van der Waals surface area contributed by atoms with Gasteiger partial charge in [0, 0.05) is 12.4 Å². The molecule has 0 aliphatic heterocycles. The van der Waals surface area contributed by atoms with Gasteiger partial charge in [0.05, 0.1) is 19.3 Å². The first-order valence-electron chi connectivity index (χ1n) is 5.85. The maximum Gasteiger partial charge on any atom is 0.142 e. The second kappa shape index (κ2) is 6.07. The molecule has 0 fully saturated rings. The predicted octanol–water partition coefficient (Wildman–Crippen LogP) is 1.58.